The summed E-state index contributed by atoms with van der Waals surface area (Å²) in [6, 6.07) is 13.8. The third-order valence-electron chi connectivity index (χ3n) is 4.27. The van der Waals surface area contributed by atoms with Crippen molar-refractivity contribution in [2.24, 2.45) is 0 Å². The molecule has 0 aliphatic rings. The van der Waals surface area contributed by atoms with E-state index < -0.39 is 0 Å². The number of benzene rings is 2. The third kappa shape index (κ3) is 3.46. The Balaban J connectivity index is 1.64. The smallest absolute Gasteiger partial charge is 0.259 e. The lowest BCUT2D eigenvalue weighted by molar-refractivity contribution is 0.415. The summed E-state index contributed by atoms with van der Waals surface area (Å²) in [5.41, 5.74) is 1.71. The van der Waals surface area contributed by atoms with E-state index in [1.807, 2.05) is 56.3 Å². The van der Waals surface area contributed by atoms with Crippen LogP contribution in [0.15, 0.2) is 51.3 Å². The molecule has 5 nitrogen and oxygen atoms in total. The second-order valence-electron chi connectivity index (χ2n) is 6.20. The van der Waals surface area contributed by atoms with Gasteiger partial charge in [-0.3, -0.25) is 0 Å². The molecule has 2 aromatic heterocycles. The van der Waals surface area contributed by atoms with Crippen molar-refractivity contribution in [1.82, 2.24) is 10.2 Å². The molecule has 2 heterocycles. The van der Waals surface area contributed by atoms with E-state index >= 15 is 0 Å². The van der Waals surface area contributed by atoms with Gasteiger partial charge in [-0.15, -0.1) is 10.2 Å². The Bertz CT molecular complexity index is 1160. The third-order valence-corrected chi connectivity index (χ3v) is 4.54. The van der Waals surface area contributed by atoms with Crippen LogP contribution in [0, 0.1) is 13.8 Å². The minimum Gasteiger partial charge on any atom is -0.497 e. The van der Waals surface area contributed by atoms with Crippen molar-refractivity contribution >= 4 is 33.5 Å². The number of nitrogens with zero attached hydrogens (tertiary/aromatic N) is 2. The van der Waals surface area contributed by atoms with Gasteiger partial charge in [-0.1, -0.05) is 29.8 Å². The van der Waals surface area contributed by atoms with Gasteiger partial charge in [0, 0.05) is 0 Å². The first-order valence-electron chi connectivity index (χ1n) is 8.40. The van der Waals surface area contributed by atoms with Gasteiger partial charge in [-0.25, -0.2) is 0 Å². The van der Waals surface area contributed by atoms with E-state index in [2.05, 4.69) is 10.2 Å². The highest BCUT2D eigenvalue weighted by molar-refractivity contribution is 6.50. The lowest BCUT2D eigenvalue weighted by Crippen LogP contribution is -1.83. The Hall–Kier alpha value is -3.05. The van der Waals surface area contributed by atoms with Crippen molar-refractivity contribution in [1.29, 1.82) is 0 Å². The molecule has 0 atom stereocenters. The Kier molecular flexibility index (Phi) is 4.46. The van der Waals surface area contributed by atoms with Crippen LogP contribution in [0.3, 0.4) is 0 Å². The summed E-state index contributed by atoms with van der Waals surface area (Å²) in [6.45, 7) is 3.73. The first kappa shape index (κ1) is 17.4. The molecule has 6 heteroatoms. The predicted molar refractivity (Wildman–Crippen MR) is 106 cm³/mol. The van der Waals surface area contributed by atoms with Crippen LogP contribution in [0.5, 0.6) is 5.75 Å². The normalized spacial score (nSPS) is 11.9. The molecule has 0 saturated carbocycles. The Labute approximate surface area is 161 Å². The van der Waals surface area contributed by atoms with Gasteiger partial charge in [-0.2, -0.15) is 0 Å². The lowest BCUT2D eigenvalue weighted by Gasteiger charge is -2.03. The molecule has 0 unspecified atom stereocenters. The molecule has 4 aromatic rings. The van der Waals surface area contributed by atoms with Crippen LogP contribution in [-0.4, -0.2) is 17.3 Å². The van der Waals surface area contributed by atoms with Crippen LogP contribution in [0.1, 0.15) is 23.0 Å². The van der Waals surface area contributed by atoms with E-state index in [0.717, 1.165) is 39.2 Å². The van der Waals surface area contributed by atoms with Crippen LogP contribution in [-0.2, 0) is 0 Å². The molecule has 4 rings (SSSR count). The fourth-order valence-corrected chi connectivity index (χ4v) is 3.14. The fourth-order valence-electron chi connectivity index (χ4n) is 2.94. The zero-order valence-corrected chi connectivity index (χ0v) is 15.9. The molecular formula is C21H17ClN2O3. The summed E-state index contributed by atoms with van der Waals surface area (Å²) in [7, 11) is 1.66. The van der Waals surface area contributed by atoms with E-state index in [0.29, 0.717) is 10.9 Å². The summed E-state index contributed by atoms with van der Waals surface area (Å²) in [5, 5.41) is 10.7. The van der Waals surface area contributed by atoms with Crippen LogP contribution in [0.4, 0.5) is 0 Å². The monoisotopic (exact) mass is 380 g/mol. The number of aryl methyl sites for hydroxylation is 2. The van der Waals surface area contributed by atoms with E-state index in [9.17, 15) is 0 Å². The van der Waals surface area contributed by atoms with E-state index in [4.69, 9.17) is 25.2 Å². The Morgan fingerprint density at radius 3 is 2.52 bits per heavy atom. The van der Waals surface area contributed by atoms with Gasteiger partial charge in [0.25, 0.3) is 11.8 Å². The minimum atomic E-state index is 0.264. The van der Waals surface area contributed by atoms with Crippen molar-refractivity contribution in [3.8, 4) is 17.2 Å². The molecule has 0 amide bonds. The maximum atomic E-state index is 6.41. The average Bonchev–Trinajstić information content (AvgIpc) is 3.27. The number of methoxy groups -OCH3 is 1. The molecule has 2 aromatic carbocycles. The van der Waals surface area contributed by atoms with E-state index in [1.165, 1.54) is 0 Å². The topological polar surface area (TPSA) is 61.3 Å². The molecule has 0 N–H and O–H groups in total. The molecule has 0 saturated heterocycles. The standard InChI is InChI=1S/C21H17ClN2O3/c1-12-8-18(13(2)26-12)20-23-24-21(27-20)19(22)10-14-4-5-16-11-17(25-3)7-6-15(16)9-14/h4-11H,1-3H3/b19-10-. The number of aromatic nitrogens is 2. The number of ether oxygens (including phenoxy) is 1. The number of rotatable bonds is 4. The highest BCUT2D eigenvalue weighted by Gasteiger charge is 2.16. The van der Waals surface area contributed by atoms with Crippen molar-refractivity contribution in [3.05, 3.63) is 65.4 Å². The highest BCUT2D eigenvalue weighted by Crippen LogP contribution is 2.29. The largest absolute Gasteiger partial charge is 0.497 e. The van der Waals surface area contributed by atoms with Crippen LogP contribution in [0.2, 0.25) is 0 Å². The SMILES string of the molecule is COc1ccc2cc(/C=C(\Cl)c3nnc(-c4cc(C)oc4C)o3)ccc2c1. The van der Waals surface area contributed by atoms with Gasteiger partial charge in [0.2, 0.25) is 0 Å². The summed E-state index contributed by atoms with van der Waals surface area (Å²) < 4.78 is 16.5. The molecule has 0 aliphatic carbocycles. The van der Waals surface area contributed by atoms with Crippen molar-refractivity contribution in [2.75, 3.05) is 7.11 Å². The van der Waals surface area contributed by atoms with Gasteiger partial charge in [-0.05, 0) is 60.5 Å². The quantitative estimate of drug-likeness (QED) is 0.444. The number of fused-ring (bicyclic) bond motifs is 1. The second kappa shape index (κ2) is 6.93. The molecule has 0 spiro atoms. The maximum absolute atomic E-state index is 6.41. The van der Waals surface area contributed by atoms with Crippen LogP contribution >= 0.6 is 11.6 Å². The highest BCUT2D eigenvalue weighted by atomic mass is 35.5. The van der Waals surface area contributed by atoms with Gasteiger partial charge >= 0.3 is 0 Å². The number of furan rings is 1. The number of hydrogen-bond acceptors (Lipinski definition) is 5. The molecule has 0 fully saturated rings. The zero-order valence-electron chi connectivity index (χ0n) is 15.1. The zero-order chi connectivity index (χ0) is 19.0. The van der Waals surface area contributed by atoms with Crippen molar-refractivity contribution < 1.29 is 13.6 Å². The first-order chi connectivity index (χ1) is 13.0. The summed E-state index contributed by atoms with van der Waals surface area (Å²) in [6.07, 6.45) is 1.80. The maximum Gasteiger partial charge on any atom is 0.259 e. The molecule has 136 valence electrons. The van der Waals surface area contributed by atoms with Crippen molar-refractivity contribution in [2.45, 2.75) is 13.8 Å². The van der Waals surface area contributed by atoms with E-state index in [1.54, 1.807) is 13.2 Å². The number of hydrogen-bond donors (Lipinski definition) is 0. The summed E-state index contributed by atoms with van der Waals surface area (Å²) in [5.74, 6) is 2.99. The van der Waals surface area contributed by atoms with Gasteiger partial charge in [0.05, 0.1) is 12.7 Å². The van der Waals surface area contributed by atoms with Gasteiger partial charge < -0.3 is 13.6 Å². The second-order valence-corrected chi connectivity index (χ2v) is 6.61. The Morgan fingerprint density at radius 2 is 1.78 bits per heavy atom. The van der Waals surface area contributed by atoms with Gasteiger partial charge in [0.1, 0.15) is 22.3 Å². The van der Waals surface area contributed by atoms with Crippen LogP contribution in [0.25, 0.3) is 33.3 Å². The van der Waals surface area contributed by atoms with Gasteiger partial charge in [0.15, 0.2) is 0 Å². The molecule has 0 radical (unpaired) electrons. The average molecular weight is 381 g/mol. The first-order valence-corrected chi connectivity index (χ1v) is 8.77. The summed E-state index contributed by atoms with van der Waals surface area (Å²) in [4.78, 5) is 0. The molecular weight excluding hydrogens is 364 g/mol. The molecule has 0 bridgehead atoms. The van der Waals surface area contributed by atoms with Crippen molar-refractivity contribution in [3.63, 3.8) is 0 Å². The van der Waals surface area contributed by atoms with E-state index in [-0.39, 0.29) is 5.89 Å². The number of halogens is 1. The summed E-state index contributed by atoms with van der Waals surface area (Å²) >= 11 is 6.41. The molecule has 27 heavy (non-hydrogen) atoms. The Morgan fingerprint density at radius 1 is 1.00 bits per heavy atom. The molecule has 0 aliphatic heterocycles. The fraction of sp³-hybridized carbons (Fsp3) is 0.143. The minimum absolute atomic E-state index is 0.264. The predicted octanol–water partition coefficient (Wildman–Crippen LogP) is 5.85. The lowest BCUT2D eigenvalue weighted by atomic mass is 10.1. The van der Waals surface area contributed by atoms with Crippen LogP contribution < -0.4 is 4.74 Å².